The maximum Gasteiger partial charge on any atom is 0.251 e. The smallest absolute Gasteiger partial charge is 0.251 e. The van der Waals surface area contributed by atoms with Crippen LogP contribution in [0.15, 0.2) is 22.7 Å². The first-order valence-electron chi connectivity index (χ1n) is 5.47. The summed E-state index contributed by atoms with van der Waals surface area (Å²) >= 11 is 6.90. The van der Waals surface area contributed by atoms with Crippen molar-refractivity contribution in [1.82, 2.24) is 5.32 Å². The zero-order valence-corrected chi connectivity index (χ0v) is 13.6. The predicted octanol–water partition coefficient (Wildman–Crippen LogP) is 4.05. The standard InChI is InChI=1S/C13H17Br2NO/c1-8-7-10(15)5-6-11(8)12(17)16-13(3,4)9(2)14/h5-7,9H,1-4H3,(H,16,17). The molecule has 0 spiro atoms. The highest BCUT2D eigenvalue weighted by atomic mass is 79.9. The van der Waals surface area contributed by atoms with Gasteiger partial charge in [0.05, 0.1) is 0 Å². The van der Waals surface area contributed by atoms with Crippen LogP contribution in [0.1, 0.15) is 36.7 Å². The molecule has 1 atom stereocenters. The third-order valence-electron chi connectivity index (χ3n) is 2.86. The summed E-state index contributed by atoms with van der Waals surface area (Å²) in [6.45, 7) is 7.95. The average molecular weight is 363 g/mol. The molecule has 1 unspecified atom stereocenters. The van der Waals surface area contributed by atoms with Crippen LogP contribution in [0.25, 0.3) is 0 Å². The first kappa shape index (κ1) is 14.7. The number of aryl methyl sites for hydroxylation is 1. The molecule has 0 fully saturated rings. The van der Waals surface area contributed by atoms with E-state index in [0.717, 1.165) is 15.6 Å². The molecule has 1 aromatic rings. The molecule has 17 heavy (non-hydrogen) atoms. The number of benzene rings is 1. The van der Waals surface area contributed by atoms with Crippen LogP contribution in [0.4, 0.5) is 0 Å². The van der Waals surface area contributed by atoms with Crippen LogP contribution in [0, 0.1) is 6.92 Å². The van der Waals surface area contributed by atoms with Crippen LogP contribution in [0.2, 0.25) is 0 Å². The van der Waals surface area contributed by atoms with Crippen LogP contribution < -0.4 is 5.32 Å². The molecule has 0 aliphatic heterocycles. The molecule has 0 aliphatic rings. The van der Waals surface area contributed by atoms with Gasteiger partial charge in [-0.2, -0.15) is 0 Å². The van der Waals surface area contributed by atoms with Gasteiger partial charge in [0.25, 0.3) is 5.91 Å². The Morgan fingerprint density at radius 3 is 2.47 bits per heavy atom. The molecule has 0 bridgehead atoms. The van der Waals surface area contributed by atoms with Crippen molar-refractivity contribution in [3.8, 4) is 0 Å². The van der Waals surface area contributed by atoms with E-state index in [-0.39, 0.29) is 16.3 Å². The fourth-order valence-electron chi connectivity index (χ4n) is 1.34. The van der Waals surface area contributed by atoms with Crippen molar-refractivity contribution in [3.63, 3.8) is 0 Å². The lowest BCUT2D eigenvalue weighted by Crippen LogP contribution is -2.49. The number of hydrogen-bond acceptors (Lipinski definition) is 1. The van der Waals surface area contributed by atoms with Crippen molar-refractivity contribution in [1.29, 1.82) is 0 Å². The lowest BCUT2D eigenvalue weighted by molar-refractivity contribution is 0.0913. The summed E-state index contributed by atoms with van der Waals surface area (Å²) in [4.78, 5) is 12.4. The van der Waals surface area contributed by atoms with Crippen molar-refractivity contribution in [2.24, 2.45) is 0 Å². The van der Waals surface area contributed by atoms with Crippen molar-refractivity contribution in [3.05, 3.63) is 33.8 Å². The van der Waals surface area contributed by atoms with Gasteiger partial charge in [0, 0.05) is 20.4 Å². The minimum atomic E-state index is -0.281. The van der Waals surface area contributed by atoms with E-state index in [1.165, 1.54) is 0 Å². The molecule has 0 saturated heterocycles. The summed E-state index contributed by atoms with van der Waals surface area (Å²) in [6.07, 6.45) is 0. The van der Waals surface area contributed by atoms with Crippen molar-refractivity contribution in [2.75, 3.05) is 0 Å². The molecule has 1 aromatic carbocycles. The van der Waals surface area contributed by atoms with E-state index in [9.17, 15) is 4.79 Å². The molecule has 0 radical (unpaired) electrons. The molecular weight excluding hydrogens is 346 g/mol. The van der Waals surface area contributed by atoms with Gasteiger partial charge in [-0.1, -0.05) is 38.8 Å². The Morgan fingerprint density at radius 2 is 2.00 bits per heavy atom. The van der Waals surface area contributed by atoms with Crippen LogP contribution >= 0.6 is 31.9 Å². The quantitative estimate of drug-likeness (QED) is 0.807. The molecule has 4 heteroatoms. The molecule has 0 aliphatic carbocycles. The number of halogens is 2. The molecular formula is C13H17Br2NO. The number of rotatable bonds is 3. The number of carbonyl (C=O) groups excluding carboxylic acids is 1. The zero-order valence-electron chi connectivity index (χ0n) is 10.5. The minimum Gasteiger partial charge on any atom is -0.346 e. The maximum absolute atomic E-state index is 12.1. The highest BCUT2D eigenvalue weighted by Gasteiger charge is 2.26. The van der Waals surface area contributed by atoms with E-state index in [4.69, 9.17) is 0 Å². The van der Waals surface area contributed by atoms with Crippen LogP contribution in [-0.4, -0.2) is 16.3 Å². The molecule has 0 aromatic heterocycles. The van der Waals surface area contributed by atoms with Gasteiger partial charge in [-0.15, -0.1) is 0 Å². The van der Waals surface area contributed by atoms with Gasteiger partial charge in [-0.3, -0.25) is 4.79 Å². The molecule has 0 saturated carbocycles. The fourth-order valence-corrected chi connectivity index (χ4v) is 1.93. The summed E-state index contributed by atoms with van der Waals surface area (Å²) in [5, 5.41) is 3.03. The van der Waals surface area contributed by atoms with Crippen LogP contribution in [0.3, 0.4) is 0 Å². The zero-order chi connectivity index (χ0) is 13.2. The Balaban J connectivity index is 2.91. The lowest BCUT2D eigenvalue weighted by atomic mass is 10.00. The minimum absolute atomic E-state index is 0.0358. The predicted molar refractivity (Wildman–Crippen MR) is 78.8 cm³/mol. The number of amides is 1. The highest BCUT2D eigenvalue weighted by Crippen LogP contribution is 2.20. The third kappa shape index (κ3) is 3.81. The van der Waals surface area contributed by atoms with E-state index in [0.29, 0.717) is 0 Å². The first-order chi connectivity index (χ1) is 7.74. The largest absolute Gasteiger partial charge is 0.346 e. The average Bonchev–Trinajstić information content (AvgIpc) is 2.15. The monoisotopic (exact) mass is 361 g/mol. The summed E-state index contributed by atoms with van der Waals surface area (Å²) in [6, 6.07) is 5.66. The second-order valence-corrected chi connectivity index (χ2v) is 7.04. The Bertz CT molecular complexity index is 427. The van der Waals surface area contributed by atoms with Gasteiger partial charge in [-0.25, -0.2) is 0 Å². The topological polar surface area (TPSA) is 29.1 Å². The van der Waals surface area contributed by atoms with E-state index in [1.54, 1.807) is 0 Å². The lowest BCUT2D eigenvalue weighted by Gasteiger charge is -2.29. The Morgan fingerprint density at radius 1 is 1.41 bits per heavy atom. The molecule has 1 N–H and O–H groups in total. The molecule has 1 rings (SSSR count). The highest BCUT2D eigenvalue weighted by molar-refractivity contribution is 9.10. The van der Waals surface area contributed by atoms with Crippen molar-refractivity contribution in [2.45, 2.75) is 38.1 Å². The van der Waals surface area contributed by atoms with Crippen LogP contribution in [-0.2, 0) is 0 Å². The van der Waals surface area contributed by atoms with Crippen LogP contribution in [0.5, 0.6) is 0 Å². The second kappa shape index (κ2) is 5.53. The Kier molecular flexibility index (Phi) is 4.78. The van der Waals surface area contributed by atoms with E-state index in [1.807, 2.05) is 45.9 Å². The van der Waals surface area contributed by atoms with Gasteiger partial charge in [0.2, 0.25) is 0 Å². The fraction of sp³-hybridized carbons (Fsp3) is 0.462. The molecule has 1 amide bonds. The molecule has 0 heterocycles. The number of nitrogens with one attached hydrogen (secondary N) is 1. The van der Waals surface area contributed by atoms with Crippen molar-refractivity contribution >= 4 is 37.8 Å². The van der Waals surface area contributed by atoms with E-state index < -0.39 is 0 Å². The van der Waals surface area contributed by atoms with E-state index >= 15 is 0 Å². The van der Waals surface area contributed by atoms with Gasteiger partial charge in [0.1, 0.15) is 0 Å². The Hall–Kier alpha value is -0.350. The number of carbonyl (C=O) groups is 1. The van der Waals surface area contributed by atoms with E-state index in [2.05, 4.69) is 37.2 Å². The summed E-state index contributed by atoms with van der Waals surface area (Å²) in [5.74, 6) is -0.0358. The van der Waals surface area contributed by atoms with Gasteiger partial charge < -0.3 is 5.32 Å². The first-order valence-corrected chi connectivity index (χ1v) is 7.17. The summed E-state index contributed by atoms with van der Waals surface area (Å²) in [7, 11) is 0. The summed E-state index contributed by atoms with van der Waals surface area (Å²) < 4.78 is 0.986. The summed E-state index contributed by atoms with van der Waals surface area (Å²) in [5.41, 5.74) is 1.40. The van der Waals surface area contributed by atoms with Gasteiger partial charge in [-0.05, 0) is 44.5 Å². The normalized spacial score (nSPS) is 13.3. The maximum atomic E-state index is 12.1. The molecule has 94 valence electrons. The van der Waals surface area contributed by atoms with Crippen molar-refractivity contribution < 1.29 is 4.79 Å². The Labute approximate surface area is 119 Å². The van der Waals surface area contributed by atoms with Gasteiger partial charge in [0.15, 0.2) is 0 Å². The number of alkyl halides is 1. The number of hydrogen-bond donors (Lipinski definition) is 1. The SMILES string of the molecule is Cc1cc(Br)ccc1C(=O)NC(C)(C)C(C)Br. The van der Waals surface area contributed by atoms with Gasteiger partial charge >= 0.3 is 0 Å². The third-order valence-corrected chi connectivity index (χ3v) is 4.50. The molecule has 2 nitrogen and oxygen atoms in total. The second-order valence-electron chi connectivity index (χ2n) is 4.75.